The molecule has 0 aromatic heterocycles. The maximum atomic E-state index is 12.3. The third-order valence-corrected chi connectivity index (χ3v) is 4.39. The summed E-state index contributed by atoms with van der Waals surface area (Å²) in [5, 5.41) is 0. The highest BCUT2D eigenvalue weighted by molar-refractivity contribution is 9.10. The minimum Gasteiger partial charge on any atom is -0.468 e. The molecule has 24 heavy (non-hydrogen) atoms. The van der Waals surface area contributed by atoms with Crippen LogP contribution in [0.4, 0.5) is 0 Å². The summed E-state index contributed by atoms with van der Waals surface area (Å²) >= 11 is 3.36. The molecule has 0 N–H and O–H groups in total. The number of Topliss-reactive ketones (excluding diaryl/α,β-unsaturated/α-hetero) is 1. The van der Waals surface area contributed by atoms with Gasteiger partial charge in [-0.1, -0.05) is 15.9 Å². The molecule has 0 unspecified atom stereocenters. The zero-order valence-electron chi connectivity index (χ0n) is 13.7. The van der Waals surface area contributed by atoms with E-state index in [2.05, 4.69) is 15.9 Å². The van der Waals surface area contributed by atoms with Crippen LogP contribution in [-0.2, 0) is 23.9 Å². The van der Waals surface area contributed by atoms with E-state index in [-0.39, 0.29) is 11.3 Å². The Hall–Kier alpha value is -2.15. The van der Waals surface area contributed by atoms with E-state index < -0.39 is 29.6 Å². The fourth-order valence-electron chi connectivity index (χ4n) is 2.84. The van der Waals surface area contributed by atoms with Crippen LogP contribution in [0, 0.1) is 5.92 Å². The summed E-state index contributed by atoms with van der Waals surface area (Å²) in [6.45, 7) is 2.89. The van der Waals surface area contributed by atoms with Crippen molar-refractivity contribution in [1.29, 1.82) is 0 Å². The monoisotopic (exact) mass is 396 g/mol. The van der Waals surface area contributed by atoms with E-state index in [9.17, 15) is 14.4 Å². The Kier molecular flexibility index (Phi) is 5.43. The molecule has 2 atom stereocenters. The molecular formula is C17H17BrO6. The normalized spacial score (nSPS) is 17.5. The summed E-state index contributed by atoms with van der Waals surface area (Å²) in [5.41, 5.74) is 0.676. The Morgan fingerprint density at radius 1 is 1.21 bits per heavy atom. The molecule has 128 valence electrons. The highest BCUT2D eigenvalue weighted by Crippen LogP contribution is 2.45. The maximum absolute atomic E-state index is 12.3. The van der Waals surface area contributed by atoms with Gasteiger partial charge in [-0.25, -0.2) is 4.79 Å². The summed E-state index contributed by atoms with van der Waals surface area (Å²) < 4.78 is 16.0. The second-order valence-corrected chi connectivity index (χ2v) is 6.25. The van der Waals surface area contributed by atoms with Gasteiger partial charge in [0.25, 0.3) is 0 Å². The fourth-order valence-corrected chi connectivity index (χ4v) is 3.22. The molecule has 1 aromatic carbocycles. The molecule has 1 aliphatic heterocycles. The summed E-state index contributed by atoms with van der Waals surface area (Å²) in [7, 11) is 2.44. The van der Waals surface area contributed by atoms with Crippen molar-refractivity contribution in [2.45, 2.75) is 19.8 Å². The third kappa shape index (κ3) is 3.21. The number of fused-ring (bicyclic) bond motifs is 1. The van der Waals surface area contributed by atoms with E-state index in [1.54, 1.807) is 25.1 Å². The van der Waals surface area contributed by atoms with Crippen LogP contribution in [0.1, 0.15) is 25.3 Å². The molecule has 0 fully saturated rings. The van der Waals surface area contributed by atoms with Gasteiger partial charge in [-0.15, -0.1) is 0 Å². The molecule has 2 rings (SSSR count). The van der Waals surface area contributed by atoms with Crippen LogP contribution in [0.5, 0.6) is 5.75 Å². The van der Waals surface area contributed by atoms with Gasteiger partial charge in [0.15, 0.2) is 0 Å². The van der Waals surface area contributed by atoms with E-state index in [0.717, 1.165) is 4.47 Å². The average molecular weight is 397 g/mol. The first kappa shape index (κ1) is 18.2. The second kappa shape index (κ2) is 7.17. The number of hydrogen-bond donors (Lipinski definition) is 0. The van der Waals surface area contributed by atoms with Gasteiger partial charge in [0.2, 0.25) is 0 Å². The van der Waals surface area contributed by atoms with Gasteiger partial charge in [0.05, 0.1) is 19.8 Å². The standard InChI is InChI=1S/C17H17BrO6/c1-8(19)13(16(20)22-3)15-11-7-10(18)5-6-12(11)24-9(2)14(15)17(21)23-4/h5-7,13,15H,1-4H3/t13-,15+/m0/s1. The van der Waals surface area contributed by atoms with Gasteiger partial charge >= 0.3 is 11.9 Å². The van der Waals surface area contributed by atoms with Crippen molar-refractivity contribution in [1.82, 2.24) is 0 Å². The summed E-state index contributed by atoms with van der Waals surface area (Å²) in [5.74, 6) is -3.03. The molecule has 0 aliphatic carbocycles. The highest BCUT2D eigenvalue weighted by atomic mass is 79.9. The zero-order valence-corrected chi connectivity index (χ0v) is 15.3. The molecule has 1 heterocycles. The molecule has 0 bridgehead atoms. The van der Waals surface area contributed by atoms with Gasteiger partial charge in [-0.2, -0.15) is 0 Å². The van der Waals surface area contributed by atoms with Crippen molar-refractivity contribution in [3.8, 4) is 5.75 Å². The number of carbonyl (C=O) groups is 3. The third-order valence-electron chi connectivity index (χ3n) is 3.89. The molecule has 6 nitrogen and oxygen atoms in total. The van der Waals surface area contributed by atoms with E-state index >= 15 is 0 Å². The van der Waals surface area contributed by atoms with Crippen molar-refractivity contribution in [2.24, 2.45) is 5.92 Å². The second-order valence-electron chi connectivity index (χ2n) is 5.33. The number of ketones is 1. The molecule has 7 heteroatoms. The van der Waals surface area contributed by atoms with Gasteiger partial charge < -0.3 is 14.2 Å². The summed E-state index contributed by atoms with van der Waals surface area (Å²) in [4.78, 5) is 36.7. The zero-order chi connectivity index (χ0) is 18.0. The van der Waals surface area contributed by atoms with Crippen molar-refractivity contribution in [3.05, 3.63) is 39.6 Å². The lowest BCUT2D eigenvalue weighted by Crippen LogP contribution is -2.35. The molecule has 0 amide bonds. The Labute approximate surface area is 147 Å². The molecule has 0 spiro atoms. The Balaban J connectivity index is 2.73. The molecule has 0 radical (unpaired) electrons. The van der Waals surface area contributed by atoms with Crippen LogP contribution in [0.25, 0.3) is 0 Å². The van der Waals surface area contributed by atoms with Crippen molar-refractivity contribution in [3.63, 3.8) is 0 Å². The maximum Gasteiger partial charge on any atom is 0.337 e. The van der Waals surface area contributed by atoms with Crippen LogP contribution in [0.15, 0.2) is 34.0 Å². The number of carbonyl (C=O) groups excluding carboxylic acids is 3. The highest BCUT2D eigenvalue weighted by Gasteiger charge is 2.44. The van der Waals surface area contributed by atoms with Crippen LogP contribution < -0.4 is 4.74 Å². The van der Waals surface area contributed by atoms with Crippen molar-refractivity contribution >= 4 is 33.7 Å². The predicted octanol–water partition coefficient (Wildman–Crippen LogP) is 2.75. The van der Waals surface area contributed by atoms with E-state index in [1.807, 2.05) is 0 Å². The first-order chi connectivity index (χ1) is 11.3. The largest absolute Gasteiger partial charge is 0.468 e. The number of rotatable bonds is 4. The quantitative estimate of drug-likeness (QED) is 0.574. The van der Waals surface area contributed by atoms with Crippen molar-refractivity contribution in [2.75, 3.05) is 14.2 Å². The van der Waals surface area contributed by atoms with Gasteiger partial charge in [0, 0.05) is 16.0 Å². The number of halogens is 1. The minimum atomic E-state index is -1.17. The van der Waals surface area contributed by atoms with E-state index in [1.165, 1.54) is 21.1 Å². The SMILES string of the molecule is COC(=O)C1=C(C)Oc2ccc(Br)cc2[C@@H]1[C@H](C(C)=O)C(=O)OC. The number of ether oxygens (including phenoxy) is 3. The summed E-state index contributed by atoms with van der Waals surface area (Å²) in [6.07, 6.45) is 0. The minimum absolute atomic E-state index is 0.133. The Morgan fingerprint density at radius 2 is 1.88 bits per heavy atom. The average Bonchev–Trinajstić information content (AvgIpc) is 2.54. The number of benzene rings is 1. The molecule has 1 aromatic rings. The fraction of sp³-hybridized carbons (Fsp3) is 0.353. The number of esters is 2. The van der Waals surface area contributed by atoms with E-state index in [4.69, 9.17) is 14.2 Å². The summed E-state index contributed by atoms with van der Waals surface area (Å²) in [6, 6.07) is 5.19. The topological polar surface area (TPSA) is 78.9 Å². The molecular weight excluding hydrogens is 380 g/mol. The van der Waals surface area contributed by atoms with Crippen LogP contribution in [0.3, 0.4) is 0 Å². The lowest BCUT2D eigenvalue weighted by Gasteiger charge is -2.31. The first-order valence-electron chi connectivity index (χ1n) is 7.16. The Morgan fingerprint density at radius 3 is 2.42 bits per heavy atom. The lowest BCUT2D eigenvalue weighted by molar-refractivity contribution is -0.149. The smallest absolute Gasteiger partial charge is 0.337 e. The molecule has 0 saturated carbocycles. The number of allylic oxidation sites excluding steroid dienone is 1. The van der Waals surface area contributed by atoms with Crippen LogP contribution in [0.2, 0.25) is 0 Å². The van der Waals surface area contributed by atoms with E-state index in [0.29, 0.717) is 11.3 Å². The lowest BCUT2D eigenvalue weighted by atomic mass is 9.76. The van der Waals surface area contributed by atoms with Gasteiger partial charge in [-0.05, 0) is 32.0 Å². The number of methoxy groups -OCH3 is 2. The first-order valence-corrected chi connectivity index (χ1v) is 7.95. The van der Waals surface area contributed by atoms with Gasteiger partial charge in [-0.3, -0.25) is 9.59 Å². The molecule has 0 saturated heterocycles. The Bertz CT molecular complexity index is 737. The number of hydrogen-bond acceptors (Lipinski definition) is 6. The molecule has 1 aliphatic rings. The van der Waals surface area contributed by atoms with Crippen molar-refractivity contribution < 1.29 is 28.6 Å². The van der Waals surface area contributed by atoms with Crippen LogP contribution in [-0.4, -0.2) is 31.9 Å². The van der Waals surface area contributed by atoms with Gasteiger partial charge in [0.1, 0.15) is 23.2 Å². The van der Waals surface area contributed by atoms with Crippen LogP contribution >= 0.6 is 15.9 Å². The predicted molar refractivity (Wildman–Crippen MR) is 88.4 cm³/mol.